The third-order valence-electron chi connectivity index (χ3n) is 4.12. The maximum Gasteiger partial charge on any atom is 0.208 e. The molecule has 0 saturated carbocycles. The van der Waals surface area contributed by atoms with E-state index in [1.807, 2.05) is 13.8 Å². The maximum absolute atomic E-state index is 5.59. The van der Waals surface area contributed by atoms with E-state index in [2.05, 4.69) is 29.2 Å². The lowest BCUT2D eigenvalue weighted by molar-refractivity contribution is 0.188. The van der Waals surface area contributed by atoms with Gasteiger partial charge in [-0.1, -0.05) is 0 Å². The molecule has 102 valence electrons. The number of likely N-dealkylation sites (tertiary alicyclic amines) is 1. The second kappa shape index (κ2) is 5.85. The van der Waals surface area contributed by atoms with Crippen molar-refractivity contribution in [2.75, 3.05) is 20.1 Å². The smallest absolute Gasteiger partial charge is 0.208 e. The van der Waals surface area contributed by atoms with Crippen molar-refractivity contribution in [3.8, 4) is 0 Å². The van der Waals surface area contributed by atoms with Crippen LogP contribution in [0.5, 0.6) is 0 Å². The lowest BCUT2D eigenvalue weighted by atomic mass is 9.90. The van der Waals surface area contributed by atoms with Gasteiger partial charge in [-0.2, -0.15) is 0 Å². The highest BCUT2D eigenvalue weighted by Crippen LogP contribution is 2.20. The van der Waals surface area contributed by atoms with E-state index in [1.54, 1.807) is 0 Å². The number of piperidine rings is 1. The second-order valence-electron chi connectivity index (χ2n) is 5.56. The molecule has 0 aromatic carbocycles. The molecule has 2 rings (SSSR count). The van der Waals surface area contributed by atoms with Gasteiger partial charge in [0, 0.05) is 6.04 Å². The summed E-state index contributed by atoms with van der Waals surface area (Å²) in [7, 11) is 2.20. The van der Waals surface area contributed by atoms with Crippen molar-refractivity contribution in [3.05, 3.63) is 17.3 Å². The summed E-state index contributed by atoms with van der Waals surface area (Å²) in [4.78, 5) is 6.81. The lowest BCUT2D eigenvalue weighted by Crippen LogP contribution is -2.40. The van der Waals surface area contributed by atoms with Gasteiger partial charge in [0.15, 0.2) is 0 Å². The van der Waals surface area contributed by atoms with Gasteiger partial charge >= 0.3 is 0 Å². The molecule has 1 saturated heterocycles. The number of hydrogen-bond acceptors (Lipinski definition) is 4. The predicted octanol–water partition coefficient (Wildman–Crippen LogP) is 2.11. The van der Waals surface area contributed by atoms with E-state index in [1.165, 1.54) is 25.9 Å². The van der Waals surface area contributed by atoms with Gasteiger partial charge < -0.3 is 14.6 Å². The Labute approximate surface area is 110 Å². The summed E-state index contributed by atoms with van der Waals surface area (Å²) in [5.41, 5.74) is 0.999. The first-order valence-corrected chi connectivity index (χ1v) is 6.91. The fourth-order valence-electron chi connectivity index (χ4n) is 2.56. The van der Waals surface area contributed by atoms with E-state index in [-0.39, 0.29) is 0 Å². The standard InChI is InChI=1S/C14H25N3O/c1-10-12(3)18-14(16-10)9-15-11(2)13-5-7-17(4)8-6-13/h11,13,15H,5-9H2,1-4H3. The molecule has 1 aromatic rings. The van der Waals surface area contributed by atoms with E-state index in [4.69, 9.17) is 4.42 Å². The fourth-order valence-corrected chi connectivity index (χ4v) is 2.56. The summed E-state index contributed by atoms with van der Waals surface area (Å²) >= 11 is 0. The van der Waals surface area contributed by atoms with Crippen molar-refractivity contribution < 1.29 is 4.42 Å². The van der Waals surface area contributed by atoms with Crippen LogP contribution in [0, 0.1) is 19.8 Å². The first kappa shape index (κ1) is 13.6. The summed E-state index contributed by atoms with van der Waals surface area (Å²) in [6, 6.07) is 0.534. The number of aromatic nitrogens is 1. The molecule has 0 bridgehead atoms. The third kappa shape index (κ3) is 3.33. The Hall–Kier alpha value is -0.870. The van der Waals surface area contributed by atoms with Gasteiger partial charge in [0.05, 0.1) is 12.2 Å². The van der Waals surface area contributed by atoms with Crippen molar-refractivity contribution in [2.24, 2.45) is 5.92 Å². The van der Waals surface area contributed by atoms with Gasteiger partial charge in [0.2, 0.25) is 5.89 Å². The van der Waals surface area contributed by atoms with Crippen LogP contribution >= 0.6 is 0 Å². The van der Waals surface area contributed by atoms with E-state index in [0.29, 0.717) is 6.04 Å². The van der Waals surface area contributed by atoms with Crippen LogP contribution in [0.4, 0.5) is 0 Å². The zero-order valence-corrected chi connectivity index (χ0v) is 12.0. The molecule has 0 spiro atoms. The summed E-state index contributed by atoms with van der Waals surface area (Å²) in [5, 5.41) is 3.55. The second-order valence-corrected chi connectivity index (χ2v) is 5.56. The van der Waals surface area contributed by atoms with Crippen molar-refractivity contribution in [1.29, 1.82) is 0 Å². The SMILES string of the molecule is Cc1nc(CNC(C)C2CCN(C)CC2)oc1C. The molecule has 4 nitrogen and oxygen atoms in total. The molecule has 4 heteroatoms. The molecule has 1 aliphatic heterocycles. The van der Waals surface area contributed by atoms with E-state index in [0.717, 1.165) is 29.8 Å². The Kier molecular flexibility index (Phi) is 4.40. The van der Waals surface area contributed by atoms with Crippen LogP contribution in [0.3, 0.4) is 0 Å². The van der Waals surface area contributed by atoms with Crippen LogP contribution in [0.25, 0.3) is 0 Å². The van der Waals surface area contributed by atoms with Gasteiger partial charge in [-0.25, -0.2) is 4.98 Å². The molecular weight excluding hydrogens is 226 g/mol. The van der Waals surface area contributed by atoms with Gasteiger partial charge in [-0.15, -0.1) is 0 Å². The molecule has 1 unspecified atom stereocenters. The predicted molar refractivity (Wildman–Crippen MR) is 72.5 cm³/mol. The summed E-state index contributed by atoms with van der Waals surface area (Å²) < 4.78 is 5.59. The number of rotatable bonds is 4. The molecule has 18 heavy (non-hydrogen) atoms. The highest BCUT2D eigenvalue weighted by molar-refractivity contribution is 5.05. The number of nitrogens with zero attached hydrogens (tertiary/aromatic N) is 2. The van der Waals surface area contributed by atoms with Gasteiger partial charge in [-0.3, -0.25) is 0 Å². The molecule has 1 atom stereocenters. The third-order valence-corrected chi connectivity index (χ3v) is 4.12. The summed E-state index contributed by atoms with van der Waals surface area (Å²) in [6.07, 6.45) is 2.57. The monoisotopic (exact) mass is 251 g/mol. The maximum atomic E-state index is 5.59. The Morgan fingerprint density at radius 1 is 1.39 bits per heavy atom. The fraction of sp³-hybridized carbons (Fsp3) is 0.786. The van der Waals surface area contributed by atoms with Crippen molar-refractivity contribution in [3.63, 3.8) is 0 Å². The van der Waals surface area contributed by atoms with Crippen molar-refractivity contribution >= 4 is 0 Å². The molecule has 1 aromatic heterocycles. The molecule has 0 aliphatic carbocycles. The van der Waals surface area contributed by atoms with Crippen LogP contribution in [0.2, 0.25) is 0 Å². The largest absolute Gasteiger partial charge is 0.444 e. The van der Waals surface area contributed by atoms with Crippen LogP contribution < -0.4 is 5.32 Å². The Morgan fingerprint density at radius 3 is 2.61 bits per heavy atom. The average Bonchev–Trinajstić information content (AvgIpc) is 2.67. The summed E-state index contributed by atoms with van der Waals surface area (Å²) in [6.45, 7) is 9.40. The number of oxazole rings is 1. The number of hydrogen-bond donors (Lipinski definition) is 1. The molecule has 0 radical (unpaired) electrons. The van der Waals surface area contributed by atoms with Crippen molar-refractivity contribution in [1.82, 2.24) is 15.2 Å². The molecule has 1 fully saturated rings. The minimum atomic E-state index is 0.534. The van der Waals surface area contributed by atoms with Crippen LogP contribution in [-0.2, 0) is 6.54 Å². The zero-order chi connectivity index (χ0) is 13.1. The molecule has 1 aliphatic rings. The van der Waals surface area contributed by atoms with Gasteiger partial charge in [0.25, 0.3) is 0 Å². The topological polar surface area (TPSA) is 41.3 Å². The molecule has 0 amide bonds. The highest BCUT2D eigenvalue weighted by Gasteiger charge is 2.22. The Morgan fingerprint density at radius 2 is 2.06 bits per heavy atom. The highest BCUT2D eigenvalue weighted by atomic mass is 16.4. The van der Waals surface area contributed by atoms with Crippen LogP contribution in [0.1, 0.15) is 37.1 Å². The average molecular weight is 251 g/mol. The first-order chi connectivity index (χ1) is 8.56. The van der Waals surface area contributed by atoms with Crippen molar-refractivity contribution in [2.45, 2.75) is 46.2 Å². The normalized spacial score (nSPS) is 20.2. The molecule has 2 heterocycles. The quantitative estimate of drug-likeness (QED) is 0.890. The first-order valence-electron chi connectivity index (χ1n) is 6.91. The van der Waals surface area contributed by atoms with Crippen LogP contribution in [0.15, 0.2) is 4.42 Å². The minimum absolute atomic E-state index is 0.534. The Balaban J connectivity index is 1.79. The Bertz CT molecular complexity index is 361. The van der Waals surface area contributed by atoms with Gasteiger partial charge in [-0.05, 0) is 59.7 Å². The van der Waals surface area contributed by atoms with E-state index in [9.17, 15) is 0 Å². The molecule has 1 N–H and O–H groups in total. The number of nitrogens with one attached hydrogen (secondary N) is 1. The van der Waals surface area contributed by atoms with Gasteiger partial charge in [0.1, 0.15) is 5.76 Å². The minimum Gasteiger partial charge on any atom is -0.444 e. The van der Waals surface area contributed by atoms with Crippen LogP contribution in [-0.4, -0.2) is 36.1 Å². The summed E-state index contributed by atoms with van der Waals surface area (Å²) in [5.74, 6) is 2.52. The number of aryl methyl sites for hydroxylation is 2. The lowest BCUT2D eigenvalue weighted by Gasteiger charge is -2.32. The molecular formula is C14H25N3O. The van der Waals surface area contributed by atoms with E-state index >= 15 is 0 Å². The zero-order valence-electron chi connectivity index (χ0n) is 12.0. The van der Waals surface area contributed by atoms with E-state index < -0.39 is 0 Å².